The summed E-state index contributed by atoms with van der Waals surface area (Å²) in [5.74, 6) is -0.374. The van der Waals surface area contributed by atoms with Gasteiger partial charge < -0.3 is 10.1 Å². The molecule has 0 saturated carbocycles. The zero-order valence-electron chi connectivity index (χ0n) is 13.7. The van der Waals surface area contributed by atoms with Crippen molar-refractivity contribution in [2.45, 2.75) is 0 Å². The third kappa shape index (κ3) is 3.68. The number of anilines is 1. The SMILES string of the molecule is COc1ccc(C(=O)Nc2cccc(-n3cc(C(=O)NO)nn3)c2)cc1. The van der Waals surface area contributed by atoms with Gasteiger partial charge in [-0.05, 0) is 42.5 Å². The zero-order valence-corrected chi connectivity index (χ0v) is 13.7. The Morgan fingerprint density at radius 2 is 1.88 bits per heavy atom. The molecule has 0 bridgehead atoms. The number of ether oxygens (including phenoxy) is 1. The van der Waals surface area contributed by atoms with Crippen LogP contribution in [0.25, 0.3) is 5.69 Å². The maximum absolute atomic E-state index is 12.3. The Morgan fingerprint density at radius 3 is 2.58 bits per heavy atom. The van der Waals surface area contributed by atoms with Crippen molar-refractivity contribution in [3.8, 4) is 11.4 Å². The summed E-state index contributed by atoms with van der Waals surface area (Å²) in [4.78, 5) is 23.7. The molecule has 1 heterocycles. The number of rotatable bonds is 5. The average Bonchev–Trinajstić information content (AvgIpc) is 3.18. The smallest absolute Gasteiger partial charge is 0.296 e. The number of benzene rings is 2. The van der Waals surface area contributed by atoms with Gasteiger partial charge in [-0.15, -0.1) is 5.10 Å². The summed E-state index contributed by atoms with van der Waals surface area (Å²) in [5.41, 5.74) is 3.07. The molecule has 0 saturated heterocycles. The molecule has 132 valence electrons. The number of carbonyl (C=O) groups is 2. The van der Waals surface area contributed by atoms with E-state index in [1.807, 2.05) is 0 Å². The van der Waals surface area contributed by atoms with Crippen LogP contribution < -0.4 is 15.5 Å². The van der Waals surface area contributed by atoms with Crippen molar-refractivity contribution in [3.05, 3.63) is 66.0 Å². The van der Waals surface area contributed by atoms with E-state index in [9.17, 15) is 9.59 Å². The first-order valence-electron chi connectivity index (χ1n) is 7.53. The highest BCUT2D eigenvalue weighted by Gasteiger charge is 2.11. The zero-order chi connectivity index (χ0) is 18.5. The fraction of sp³-hybridized carbons (Fsp3) is 0.0588. The maximum Gasteiger partial charge on any atom is 0.296 e. The summed E-state index contributed by atoms with van der Waals surface area (Å²) in [5, 5.41) is 18.9. The molecule has 0 spiro atoms. The molecule has 2 aromatic carbocycles. The number of carbonyl (C=O) groups excluding carboxylic acids is 2. The fourth-order valence-electron chi connectivity index (χ4n) is 2.22. The second-order valence-corrected chi connectivity index (χ2v) is 5.22. The van der Waals surface area contributed by atoms with Crippen LogP contribution in [0.2, 0.25) is 0 Å². The van der Waals surface area contributed by atoms with Crippen molar-refractivity contribution in [2.75, 3.05) is 12.4 Å². The molecule has 26 heavy (non-hydrogen) atoms. The lowest BCUT2D eigenvalue weighted by atomic mass is 10.2. The summed E-state index contributed by atoms with van der Waals surface area (Å²) in [6.07, 6.45) is 1.36. The van der Waals surface area contributed by atoms with Gasteiger partial charge in [-0.3, -0.25) is 14.8 Å². The van der Waals surface area contributed by atoms with Crippen LogP contribution in [-0.2, 0) is 0 Å². The van der Waals surface area contributed by atoms with Crippen LogP contribution in [0.1, 0.15) is 20.8 Å². The van der Waals surface area contributed by atoms with Gasteiger partial charge in [0, 0.05) is 11.3 Å². The van der Waals surface area contributed by atoms with Gasteiger partial charge >= 0.3 is 0 Å². The van der Waals surface area contributed by atoms with Gasteiger partial charge in [-0.2, -0.15) is 0 Å². The first kappa shape index (κ1) is 17.1. The Bertz CT molecular complexity index is 936. The van der Waals surface area contributed by atoms with E-state index in [0.29, 0.717) is 22.7 Å². The van der Waals surface area contributed by atoms with E-state index in [1.54, 1.807) is 55.6 Å². The number of hydrogen-bond donors (Lipinski definition) is 3. The van der Waals surface area contributed by atoms with Crippen LogP contribution in [0, 0.1) is 0 Å². The standard InChI is InChI=1S/C17H15N5O4/c1-26-14-7-5-11(6-8-14)16(23)18-12-3-2-4-13(9-12)22-10-15(19-21-22)17(24)20-25/h2-10,25H,1H3,(H,18,23)(H,20,24). The number of nitrogens with zero attached hydrogens (tertiary/aromatic N) is 3. The van der Waals surface area contributed by atoms with Gasteiger partial charge in [0.05, 0.1) is 19.0 Å². The normalized spacial score (nSPS) is 10.2. The molecule has 0 aliphatic rings. The van der Waals surface area contributed by atoms with Crippen LogP contribution >= 0.6 is 0 Å². The van der Waals surface area contributed by atoms with Gasteiger partial charge in [0.25, 0.3) is 11.8 Å². The first-order valence-corrected chi connectivity index (χ1v) is 7.53. The van der Waals surface area contributed by atoms with Gasteiger partial charge in [0.2, 0.25) is 0 Å². The minimum Gasteiger partial charge on any atom is -0.497 e. The Kier molecular flexibility index (Phi) is 4.90. The lowest BCUT2D eigenvalue weighted by molar-refractivity contribution is 0.0700. The maximum atomic E-state index is 12.3. The van der Waals surface area contributed by atoms with Crippen molar-refractivity contribution in [2.24, 2.45) is 0 Å². The summed E-state index contributed by atoms with van der Waals surface area (Å²) >= 11 is 0. The summed E-state index contributed by atoms with van der Waals surface area (Å²) < 4.78 is 6.42. The lowest BCUT2D eigenvalue weighted by Crippen LogP contribution is -2.18. The first-order chi connectivity index (χ1) is 12.6. The van der Waals surface area contributed by atoms with E-state index in [-0.39, 0.29) is 11.6 Å². The number of aromatic nitrogens is 3. The minimum absolute atomic E-state index is 0.0415. The van der Waals surface area contributed by atoms with Crippen LogP contribution in [0.15, 0.2) is 54.7 Å². The van der Waals surface area contributed by atoms with E-state index in [1.165, 1.54) is 16.4 Å². The van der Waals surface area contributed by atoms with Crippen LogP contribution in [0.3, 0.4) is 0 Å². The molecular weight excluding hydrogens is 338 g/mol. The van der Waals surface area contributed by atoms with Crippen molar-refractivity contribution in [3.63, 3.8) is 0 Å². The molecule has 3 aromatic rings. The van der Waals surface area contributed by atoms with E-state index in [0.717, 1.165) is 0 Å². The molecule has 0 radical (unpaired) electrons. The van der Waals surface area contributed by atoms with Crippen molar-refractivity contribution >= 4 is 17.5 Å². The number of amides is 2. The van der Waals surface area contributed by atoms with Gasteiger partial charge in [-0.25, -0.2) is 10.2 Å². The molecule has 2 amide bonds. The summed E-state index contributed by atoms with van der Waals surface area (Å²) in [6.45, 7) is 0. The van der Waals surface area contributed by atoms with Crippen LogP contribution in [-0.4, -0.2) is 39.1 Å². The highest BCUT2D eigenvalue weighted by atomic mass is 16.5. The predicted octanol–water partition coefficient (Wildman–Crippen LogP) is 1.65. The van der Waals surface area contributed by atoms with Crippen molar-refractivity contribution < 1.29 is 19.5 Å². The summed E-state index contributed by atoms with van der Waals surface area (Å²) in [7, 11) is 1.56. The number of hydrogen-bond acceptors (Lipinski definition) is 6. The van der Waals surface area contributed by atoms with E-state index < -0.39 is 5.91 Å². The molecule has 0 aliphatic heterocycles. The Hall–Kier alpha value is -3.72. The minimum atomic E-state index is -0.764. The van der Waals surface area contributed by atoms with Crippen molar-refractivity contribution in [1.82, 2.24) is 20.5 Å². The number of nitrogens with one attached hydrogen (secondary N) is 2. The lowest BCUT2D eigenvalue weighted by Gasteiger charge is -2.08. The quantitative estimate of drug-likeness (QED) is 0.474. The van der Waals surface area contributed by atoms with Gasteiger partial charge in [-0.1, -0.05) is 11.3 Å². The topological polar surface area (TPSA) is 118 Å². The molecule has 3 rings (SSSR count). The van der Waals surface area contributed by atoms with Crippen molar-refractivity contribution in [1.29, 1.82) is 0 Å². The molecule has 0 unspecified atom stereocenters. The second kappa shape index (κ2) is 7.45. The van der Waals surface area contributed by atoms with E-state index in [2.05, 4.69) is 15.6 Å². The molecule has 1 aromatic heterocycles. The number of methoxy groups -OCH3 is 1. The monoisotopic (exact) mass is 353 g/mol. The van der Waals surface area contributed by atoms with Crippen LogP contribution in [0.5, 0.6) is 5.75 Å². The molecule has 0 fully saturated rings. The van der Waals surface area contributed by atoms with E-state index >= 15 is 0 Å². The molecule has 0 atom stereocenters. The third-order valence-corrected chi connectivity index (χ3v) is 3.55. The van der Waals surface area contributed by atoms with Gasteiger partial charge in [0.1, 0.15) is 5.75 Å². The summed E-state index contributed by atoms with van der Waals surface area (Å²) in [6, 6.07) is 13.6. The largest absolute Gasteiger partial charge is 0.497 e. The molecule has 0 aliphatic carbocycles. The number of hydroxylamine groups is 1. The highest BCUT2D eigenvalue weighted by Crippen LogP contribution is 2.17. The molecule has 9 nitrogen and oxygen atoms in total. The predicted molar refractivity (Wildman–Crippen MR) is 91.6 cm³/mol. The Balaban J connectivity index is 1.77. The average molecular weight is 353 g/mol. The van der Waals surface area contributed by atoms with E-state index in [4.69, 9.17) is 9.94 Å². The molecule has 9 heteroatoms. The van der Waals surface area contributed by atoms with Crippen LogP contribution in [0.4, 0.5) is 5.69 Å². The fourth-order valence-corrected chi connectivity index (χ4v) is 2.22. The molecular formula is C17H15N5O4. The third-order valence-electron chi connectivity index (χ3n) is 3.55. The Morgan fingerprint density at radius 1 is 1.12 bits per heavy atom. The second-order valence-electron chi connectivity index (χ2n) is 5.22. The van der Waals surface area contributed by atoms with Gasteiger partial charge in [0.15, 0.2) is 5.69 Å². The highest BCUT2D eigenvalue weighted by molar-refractivity contribution is 6.04. The Labute approximate surface area is 148 Å². The molecule has 3 N–H and O–H groups in total.